The van der Waals surface area contributed by atoms with E-state index in [1.165, 1.54) is 16.7 Å². The Morgan fingerprint density at radius 3 is 2.68 bits per heavy atom. The van der Waals surface area contributed by atoms with Crippen LogP contribution in [0.2, 0.25) is 0 Å². The molecule has 1 aromatic rings. The highest BCUT2D eigenvalue weighted by Gasteiger charge is 2.33. The lowest BCUT2D eigenvalue weighted by atomic mass is 9.68. The largest absolute Gasteiger partial charge is 0.497 e. The minimum atomic E-state index is 0.131. The minimum Gasteiger partial charge on any atom is -0.497 e. The lowest BCUT2D eigenvalue weighted by Crippen LogP contribution is -2.32. The molecule has 0 heterocycles. The highest BCUT2D eigenvalue weighted by molar-refractivity contribution is 5.49. The molecule has 1 aromatic carbocycles. The van der Waals surface area contributed by atoms with Crippen LogP contribution in [0.4, 0.5) is 0 Å². The van der Waals surface area contributed by atoms with Gasteiger partial charge < -0.3 is 9.64 Å². The van der Waals surface area contributed by atoms with Gasteiger partial charge in [0.25, 0.3) is 0 Å². The second-order valence-electron chi connectivity index (χ2n) is 6.00. The molecule has 0 saturated carbocycles. The van der Waals surface area contributed by atoms with E-state index in [9.17, 15) is 0 Å². The highest BCUT2D eigenvalue weighted by Crippen LogP contribution is 2.42. The van der Waals surface area contributed by atoms with Crippen molar-refractivity contribution in [2.24, 2.45) is 0 Å². The van der Waals surface area contributed by atoms with Gasteiger partial charge in [0.15, 0.2) is 0 Å². The topological polar surface area (TPSA) is 12.5 Å². The summed E-state index contributed by atoms with van der Waals surface area (Å²) in [6, 6.07) is 6.51. The molecule has 2 rings (SSSR count). The van der Waals surface area contributed by atoms with Crippen LogP contribution in [0.3, 0.4) is 0 Å². The van der Waals surface area contributed by atoms with Crippen molar-refractivity contribution >= 4 is 0 Å². The number of hydrogen-bond acceptors (Lipinski definition) is 2. The average molecular weight is 259 g/mol. The summed E-state index contributed by atoms with van der Waals surface area (Å²) in [5.41, 5.74) is 4.49. The molecule has 19 heavy (non-hydrogen) atoms. The summed E-state index contributed by atoms with van der Waals surface area (Å²) in [5, 5.41) is 0. The van der Waals surface area contributed by atoms with Gasteiger partial charge in [-0.3, -0.25) is 0 Å². The first kappa shape index (κ1) is 14.1. The molecule has 0 aromatic heterocycles. The zero-order chi connectivity index (χ0) is 14.0. The second kappa shape index (κ2) is 5.38. The molecule has 1 aliphatic carbocycles. The third kappa shape index (κ3) is 2.69. The lowest BCUT2D eigenvalue weighted by Gasteiger charge is -2.37. The van der Waals surface area contributed by atoms with Crippen molar-refractivity contribution in [2.75, 3.05) is 27.7 Å². The third-order valence-corrected chi connectivity index (χ3v) is 4.47. The van der Waals surface area contributed by atoms with Gasteiger partial charge >= 0.3 is 0 Å². The van der Waals surface area contributed by atoms with Crippen LogP contribution < -0.4 is 4.74 Å². The van der Waals surface area contributed by atoms with E-state index >= 15 is 0 Å². The van der Waals surface area contributed by atoms with Crippen LogP contribution in [0.1, 0.15) is 31.4 Å². The van der Waals surface area contributed by atoms with Crippen LogP contribution in [-0.4, -0.2) is 32.6 Å². The maximum absolute atomic E-state index is 5.40. The lowest BCUT2D eigenvalue weighted by molar-refractivity contribution is 0.348. The number of hydrogen-bond donors (Lipinski definition) is 0. The molecule has 104 valence electrons. The van der Waals surface area contributed by atoms with Crippen LogP contribution >= 0.6 is 0 Å². The molecule has 0 fully saturated rings. The van der Waals surface area contributed by atoms with E-state index in [1.54, 1.807) is 7.11 Å². The van der Waals surface area contributed by atoms with Gasteiger partial charge in [0, 0.05) is 5.41 Å². The molecular formula is C17H25NO. The molecule has 1 aliphatic rings. The molecule has 0 unspecified atom stereocenters. The van der Waals surface area contributed by atoms with Crippen molar-refractivity contribution in [3.8, 4) is 5.75 Å². The summed E-state index contributed by atoms with van der Waals surface area (Å²) in [7, 11) is 6.01. The Kier molecular flexibility index (Phi) is 4.00. The fourth-order valence-corrected chi connectivity index (χ4v) is 2.85. The quantitative estimate of drug-likeness (QED) is 0.768. The van der Waals surface area contributed by atoms with Gasteiger partial charge in [-0.1, -0.05) is 24.6 Å². The number of nitrogens with zero attached hydrogens (tertiary/aromatic N) is 1. The Balaban J connectivity index is 2.41. The van der Waals surface area contributed by atoms with E-state index in [4.69, 9.17) is 4.74 Å². The Bertz CT molecular complexity index is 490. The van der Waals surface area contributed by atoms with Gasteiger partial charge in [-0.15, -0.1) is 0 Å². The molecule has 2 nitrogen and oxygen atoms in total. The van der Waals surface area contributed by atoms with Crippen LogP contribution in [0.15, 0.2) is 29.8 Å². The predicted molar refractivity (Wildman–Crippen MR) is 81.0 cm³/mol. The van der Waals surface area contributed by atoms with E-state index in [0.29, 0.717) is 0 Å². The standard InChI is InChI=1S/C17H25NO/c1-13-6-7-14-8-9-15(19-5)12-16(14)17(13,2)10-11-18(3)4/h6,8-9,12H,7,10-11H2,1-5H3/t17-/m1/s1. The summed E-state index contributed by atoms with van der Waals surface area (Å²) < 4.78 is 5.40. The highest BCUT2D eigenvalue weighted by atomic mass is 16.5. The van der Waals surface area contributed by atoms with Crippen molar-refractivity contribution in [3.63, 3.8) is 0 Å². The van der Waals surface area contributed by atoms with Gasteiger partial charge in [0.1, 0.15) is 5.75 Å². The SMILES string of the molecule is COc1ccc2c(c1)[C@](C)(CCN(C)C)C(C)=CC2. The number of rotatable bonds is 4. The maximum Gasteiger partial charge on any atom is 0.119 e. The van der Waals surface area contributed by atoms with E-state index in [-0.39, 0.29) is 5.41 Å². The summed E-state index contributed by atoms with van der Waals surface area (Å²) in [6.07, 6.45) is 4.57. The number of benzene rings is 1. The van der Waals surface area contributed by atoms with Gasteiger partial charge in [0.05, 0.1) is 7.11 Å². The molecule has 0 aliphatic heterocycles. The number of fused-ring (bicyclic) bond motifs is 1. The van der Waals surface area contributed by atoms with Crippen molar-refractivity contribution in [1.82, 2.24) is 4.90 Å². The van der Waals surface area contributed by atoms with E-state index in [1.807, 2.05) is 0 Å². The van der Waals surface area contributed by atoms with E-state index in [2.05, 4.69) is 57.1 Å². The van der Waals surface area contributed by atoms with Gasteiger partial charge in [0.2, 0.25) is 0 Å². The first-order valence-corrected chi connectivity index (χ1v) is 6.97. The molecule has 0 spiro atoms. The first-order valence-electron chi connectivity index (χ1n) is 6.97. The normalized spacial score (nSPS) is 22.1. The summed E-state index contributed by atoms with van der Waals surface area (Å²) in [5.74, 6) is 0.963. The number of allylic oxidation sites excluding steroid dienone is 2. The summed E-state index contributed by atoms with van der Waals surface area (Å²) in [6.45, 7) is 5.72. The van der Waals surface area contributed by atoms with Crippen LogP contribution in [-0.2, 0) is 11.8 Å². The predicted octanol–water partition coefficient (Wildman–Crippen LogP) is 3.41. The molecule has 1 atom stereocenters. The van der Waals surface area contributed by atoms with Crippen LogP contribution in [0.5, 0.6) is 5.75 Å². The Morgan fingerprint density at radius 2 is 2.05 bits per heavy atom. The molecule has 0 amide bonds. The third-order valence-electron chi connectivity index (χ3n) is 4.47. The number of methoxy groups -OCH3 is 1. The monoisotopic (exact) mass is 259 g/mol. The maximum atomic E-state index is 5.40. The van der Waals surface area contributed by atoms with Crippen molar-refractivity contribution < 1.29 is 4.74 Å². The fourth-order valence-electron chi connectivity index (χ4n) is 2.85. The fraction of sp³-hybridized carbons (Fsp3) is 0.529. The Labute approximate surface area is 117 Å². The molecule has 0 saturated heterocycles. The second-order valence-corrected chi connectivity index (χ2v) is 6.00. The Hall–Kier alpha value is -1.28. The number of ether oxygens (including phenoxy) is 1. The van der Waals surface area contributed by atoms with E-state index < -0.39 is 0 Å². The zero-order valence-electron chi connectivity index (χ0n) is 12.8. The molecule has 0 bridgehead atoms. The molecule has 2 heteroatoms. The average Bonchev–Trinajstić information content (AvgIpc) is 2.41. The van der Waals surface area contributed by atoms with Crippen LogP contribution in [0, 0.1) is 0 Å². The van der Waals surface area contributed by atoms with Gasteiger partial charge in [-0.25, -0.2) is 0 Å². The zero-order valence-corrected chi connectivity index (χ0v) is 12.8. The minimum absolute atomic E-state index is 0.131. The summed E-state index contributed by atoms with van der Waals surface area (Å²) >= 11 is 0. The van der Waals surface area contributed by atoms with Crippen molar-refractivity contribution in [3.05, 3.63) is 41.0 Å². The van der Waals surface area contributed by atoms with Crippen molar-refractivity contribution in [1.29, 1.82) is 0 Å². The Morgan fingerprint density at radius 1 is 1.32 bits per heavy atom. The van der Waals surface area contributed by atoms with Gasteiger partial charge in [-0.05, 0) is 63.7 Å². The van der Waals surface area contributed by atoms with Crippen molar-refractivity contribution in [2.45, 2.75) is 32.1 Å². The van der Waals surface area contributed by atoms with Crippen LogP contribution in [0.25, 0.3) is 0 Å². The molecule has 0 N–H and O–H groups in total. The smallest absolute Gasteiger partial charge is 0.119 e. The summed E-state index contributed by atoms with van der Waals surface area (Å²) in [4.78, 5) is 2.26. The molecular weight excluding hydrogens is 234 g/mol. The van der Waals surface area contributed by atoms with Gasteiger partial charge in [-0.2, -0.15) is 0 Å². The van der Waals surface area contributed by atoms with E-state index in [0.717, 1.165) is 25.1 Å². The first-order chi connectivity index (χ1) is 8.97. The molecule has 0 radical (unpaired) electrons.